The van der Waals surface area contributed by atoms with Gasteiger partial charge < -0.3 is 14.8 Å². The van der Waals surface area contributed by atoms with Crippen LogP contribution in [0.4, 0.5) is 0 Å². The molecule has 3 nitrogen and oxygen atoms in total. The quantitative estimate of drug-likeness (QED) is 0.656. The van der Waals surface area contributed by atoms with Crippen molar-refractivity contribution >= 4 is 11.6 Å². The van der Waals surface area contributed by atoms with Crippen molar-refractivity contribution < 1.29 is 9.47 Å². The molecule has 0 aliphatic heterocycles. The molecule has 0 aliphatic carbocycles. The highest BCUT2D eigenvalue weighted by molar-refractivity contribution is 6.31. The molecule has 0 radical (unpaired) electrons. The summed E-state index contributed by atoms with van der Waals surface area (Å²) in [4.78, 5) is 0. The number of hydrogen-bond donors (Lipinski definition) is 1. The Bertz CT molecular complexity index is 410. The van der Waals surface area contributed by atoms with E-state index in [1.165, 1.54) is 0 Å². The SMILES string of the molecule is CCCNCC(OCCC(C)(C)OC)c1ccccc1Cl. The van der Waals surface area contributed by atoms with Crippen molar-refractivity contribution in [3.8, 4) is 0 Å². The fourth-order valence-corrected chi connectivity index (χ4v) is 2.21. The molecule has 21 heavy (non-hydrogen) atoms. The maximum absolute atomic E-state index is 6.30. The third-order valence-corrected chi connectivity index (χ3v) is 3.93. The predicted molar refractivity (Wildman–Crippen MR) is 89.0 cm³/mol. The van der Waals surface area contributed by atoms with Gasteiger partial charge in [0.05, 0.1) is 18.3 Å². The molecule has 0 spiro atoms. The molecule has 1 atom stereocenters. The second-order valence-electron chi connectivity index (χ2n) is 5.80. The molecule has 1 unspecified atom stereocenters. The minimum Gasteiger partial charge on any atom is -0.379 e. The van der Waals surface area contributed by atoms with Crippen LogP contribution in [0.3, 0.4) is 0 Å². The monoisotopic (exact) mass is 313 g/mol. The molecular formula is C17H28ClNO2. The van der Waals surface area contributed by atoms with Crippen molar-refractivity contribution in [1.29, 1.82) is 0 Å². The van der Waals surface area contributed by atoms with Gasteiger partial charge in [0.1, 0.15) is 0 Å². The van der Waals surface area contributed by atoms with E-state index in [0.717, 1.165) is 36.5 Å². The molecule has 0 saturated carbocycles. The Hall–Kier alpha value is -0.610. The topological polar surface area (TPSA) is 30.5 Å². The summed E-state index contributed by atoms with van der Waals surface area (Å²) in [5.41, 5.74) is 0.875. The molecule has 0 bridgehead atoms. The first-order valence-electron chi connectivity index (χ1n) is 7.62. The van der Waals surface area contributed by atoms with Crippen LogP contribution in [0.2, 0.25) is 5.02 Å². The standard InChI is InChI=1S/C17H28ClNO2/c1-5-11-19-13-16(14-8-6-7-9-15(14)18)21-12-10-17(2,3)20-4/h6-9,16,19H,5,10-13H2,1-4H3. The van der Waals surface area contributed by atoms with Crippen molar-refractivity contribution in [2.45, 2.75) is 45.3 Å². The summed E-state index contributed by atoms with van der Waals surface area (Å²) in [5.74, 6) is 0. The number of methoxy groups -OCH3 is 1. The zero-order valence-corrected chi connectivity index (χ0v) is 14.4. The third-order valence-electron chi connectivity index (χ3n) is 3.58. The van der Waals surface area contributed by atoms with Gasteiger partial charge in [-0.25, -0.2) is 0 Å². The lowest BCUT2D eigenvalue weighted by atomic mass is 10.1. The normalized spacial score (nSPS) is 13.4. The first-order valence-corrected chi connectivity index (χ1v) is 8.00. The maximum atomic E-state index is 6.30. The summed E-state index contributed by atoms with van der Waals surface area (Å²) in [6.07, 6.45) is 1.92. The Kier molecular flexibility index (Phi) is 8.27. The molecule has 0 amide bonds. The van der Waals surface area contributed by atoms with Crippen LogP contribution in [0.25, 0.3) is 0 Å². The van der Waals surface area contributed by atoms with E-state index >= 15 is 0 Å². The summed E-state index contributed by atoms with van der Waals surface area (Å²) in [7, 11) is 1.73. The predicted octanol–water partition coefficient (Wildman–Crippen LogP) is 4.21. The molecule has 1 N–H and O–H groups in total. The highest BCUT2D eigenvalue weighted by atomic mass is 35.5. The molecule has 4 heteroatoms. The van der Waals surface area contributed by atoms with Crippen LogP contribution >= 0.6 is 11.6 Å². The van der Waals surface area contributed by atoms with Gasteiger partial charge in [0.15, 0.2) is 0 Å². The van der Waals surface area contributed by atoms with Gasteiger partial charge in [0.25, 0.3) is 0 Å². The molecule has 0 fully saturated rings. The van der Waals surface area contributed by atoms with Crippen molar-refractivity contribution in [2.75, 3.05) is 26.8 Å². The minimum absolute atomic E-state index is 0.0297. The summed E-state index contributed by atoms with van der Waals surface area (Å²) in [5, 5.41) is 4.16. The van der Waals surface area contributed by atoms with Crippen LogP contribution in [0.5, 0.6) is 0 Å². The summed E-state index contributed by atoms with van der Waals surface area (Å²) in [6.45, 7) is 8.68. The number of halogens is 1. The van der Waals surface area contributed by atoms with Crippen molar-refractivity contribution in [3.05, 3.63) is 34.9 Å². The van der Waals surface area contributed by atoms with Crippen molar-refractivity contribution in [3.63, 3.8) is 0 Å². The van der Waals surface area contributed by atoms with Crippen LogP contribution < -0.4 is 5.32 Å². The number of ether oxygens (including phenoxy) is 2. The zero-order valence-electron chi connectivity index (χ0n) is 13.6. The minimum atomic E-state index is -0.165. The third kappa shape index (κ3) is 6.79. The molecule has 1 aromatic carbocycles. The Morgan fingerprint density at radius 1 is 1.29 bits per heavy atom. The number of rotatable bonds is 10. The Balaban J connectivity index is 2.63. The van der Waals surface area contributed by atoms with Gasteiger partial charge in [-0.15, -0.1) is 0 Å². The van der Waals surface area contributed by atoms with Gasteiger partial charge in [-0.05, 0) is 39.3 Å². The van der Waals surface area contributed by atoms with E-state index in [4.69, 9.17) is 21.1 Å². The Labute approximate surface area is 134 Å². The first-order chi connectivity index (χ1) is 10.00. The lowest BCUT2D eigenvalue weighted by molar-refractivity contribution is -0.0271. The van der Waals surface area contributed by atoms with Gasteiger partial charge >= 0.3 is 0 Å². The van der Waals surface area contributed by atoms with Gasteiger partial charge in [-0.1, -0.05) is 36.7 Å². The second-order valence-corrected chi connectivity index (χ2v) is 6.21. The van der Waals surface area contributed by atoms with Gasteiger partial charge in [0, 0.05) is 24.2 Å². The van der Waals surface area contributed by atoms with E-state index in [0.29, 0.717) is 6.61 Å². The molecular weight excluding hydrogens is 286 g/mol. The van der Waals surface area contributed by atoms with Crippen LogP contribution in [-0.4, -0.2) is 32.4 Å². The Morgan fingerprint density at radius 2 is 2.00 bits per heavy atom. The van der Waals surface area contributed by atoms with Gasteiger partial charge in [0.2, 0.25) is 0 Å². The van der Waals surface area contributed by atoms with E-state index in [1.807, 2.05) is 24.3 Å². The molecule has 0 heterocycles. The fourth-order valence-electron chi connectivity index (χ4n) is 1.95. The van der Waals surface area contributed by atoms with Crippen LogP contribution in [0.15, 0.2) is 24.3 Å². The fraction of sp³-hybridized carbons (Fsp3) is 0.647. The number of hydrogen-bond acceptors (Lipinski definition) is 3. The first kappa shape index (κ1) is 18.4. The average Bonchev–Trinajstić information content (AvgIpc) is 2.46. The van der Waals surface area contributed by atoms with E-state index in [1.54, 1.807) is 7.11 Å². The maximum Gasteiger partial charge on any atom is 0.0963 e. The van der Waals surface area contributed by atoms with E-state index in [2.05, 4.69) is 26.1 Å². The van der Waals surface area contributed by atoms with Crippen LogP contribution in [-0.2, 0) is 9.47 Å². The van der Waals surface area contributed by atoms with Crippen LogP contribution in [0.1, 0.15) is 45.3 Å². The molecule has 0 aromatic heterocycles. The summed E-state index contributed by atoms with van der Waals surface area (Å²) < 4.78 is 11.5. The highest BCUT2D eigenvalue weighted by Crippen LogP contribution is 2.26. The lowest BCUT2D eigenvalue weighted by Crippen LogP contribution is -2.28. The Morgan fingerprint density at radius 3 is 2.62 bits per heavy atom. The molecule has 0 aliphatic rings. The summed E-state index contributed by atoms with van der Waals surface area (Å²) >= 11 is 6.30. The van der Waals surface area contributed by atoms with Crippen molar-refractivity contribution in [2.24, 2.45) is 0 Å². The second kappa shape index (κ2) is 9.42. The van der Waals surface area contributed by atoms with E-state index in [9.17, 15) is 0 Å². The molecule has 1 rings (SSSR count). The van der Waals surface area contributed by atoms with Crippen LogP contribution in [0, 0.1) is 0 Å². The smallest absolute Gasteiger partial charge is 0.0963 e. The van der Waals surface area contributed by atoms with Gasteiger partial charge in [-0.3, -0.25) is 0 Å². The van der Waals surface area contributed by atoms with Crippen molar-refractivity contribution in [1.82, 2.24) is 5.32 Å². The zero-order chi connectivity index (χ0) is 15.7. The average molecular weight is 314 g/mol. The number of nitrogens with one attached hydrogen (secondary N) is 1. The largest absolute Gasteiger partial charge is 0.379 e. The molecule has 1 aromatic rings. The lowest BCUT2D eigenvalue weighted by Gasteiger charge is -2.25. The molecule has 120 valence electrons. The number of benzene rings is 1. The van der Waals surface area contributed by atoms with Gasteiger partial charge in [-0.2, -0.15) is 0 Å². The van der Waals surface area contributed by atoms with E-state index in [-0.39, 0.29) is 11.7 Å². The summed E-state index contributed by atoms with van der Waals surface area (Å²) in [6, 6.07) is 7.88. The highest BCUT2D eigenvalue weighted by Gasteiger charge is 2.19. The van der Waals surface area contributed by atoms with E-state index < -0.39 is 0 Å². The molecule has 0 saturated heterocycles.